The zero-order chi connectivity index (χ0) is 16.9. The van der Waals surface area contributed by atoms with Crippen LogP contribution in [0.4, 0.5) is 0 Å². The molecular formula is C19H30IN3O2. The lowest BCUT2D eigenvalue weighted by atomic mass is 9.96. The fraction of sp³-hybridized carbons (Fsp3) is 0.632. The highest BCUT2D eigenvalue weighted by atomic mass is 127. The molecule has 0 spiro atoms. The Hall–Kier alpha value is -1.02. The third-order valence-corrected chi connectivity index (χ3v) is 4.84. The minimum absolute atomic E-state index is 0. The second-order valence-electron chi connectivity index (χ2n) is 6.90. The molecule has 3 rings (SSSR count). The number of nitrogens with zero attached hydrogens (tertiary/aromatic N) is 1. The van der Waals surface area contributed by atoms with Crippen LogP contribution >= 0.6 is 24.0 Å². The quantitative estimate of drug-likeness (QED) is 0.297. The number of halogens is 1. The Balaban J connectivity index is 0.00000225. The molecule has 2 heterocycles. The Morgan fingerprint density at radius 1 is 1.32 bits per heavy atom. The highest BCUT2D eigenvalue weighted by Crippen LogP contribution is 2.34. The van der Waals surface area contributed by atoms with E-state index >= 15 is 0 Å². The largest absolute Gasteiger partial charge is 0.491 e. The van der Waals surface area contributed by atoms with E-state index in [2.05, 4.69) is 41.6 Å². The van der Waals surface area contributed by atoms with E-state index < -0.39 is 0 Å². The van der Waals surface area contributed by atoms with Crippen LogP contribution in [-0.4, -0.2) is 44.4 Å². The predicted octanol–water partition coefficient (Wildman–Crippen LogP) is 3.29. The molecule has 2 aliphatic rings. The first-order chi connectivity index (χ1) is 11.7. The monoisotopic (exact) mass is 459 g/mol. The van der Waals surface area contributed by atoms with Crippen molar-refractivity contribution in [2.24, 2.45) is 4.99 Å². The third kappa shape index (κ3) is 5.23. The van der Waals surface area contributed by atoms with Crippen molar-refractivity contribution < 1.29 is 9.47 Å². The number of para-hydroxylation sites is 1. The van der Waals surface area contributed by atoms with Gasteiger partial charge in [-0.25, -0.2) is 0 Å². The van der Waals surface area contributed by atoms with Crippen LogP contribution < -0.4 is 15.4 Å². The zero-order valence-corrected chi connectivity index (χ0v) is 17.7. The van der Waals surface area contributed by atoms with Crippen molar-refractivity contribution in [3.8, 4) is 5.75 Å². The lowest BCUT2D eigenvalue weighted by molar-refractivity contribution is 0.0992. The number of aliphatic imine (C=N–C) groups is 1. The second kappa shape index (κ2) is 9.62. The highest BCUT2D eigenvalue weighted by Gasteiger charge is 2.41. The minimum atomic E-state index is 0. The maximum atomic E-state index is 5.94. The van der Waals surface area contributed by atoms with Gasteiger partial charge in [0.05, 0.1) is 24.8 Å². The smallest absolute Gasteiger partial charge is 0.191 e. The van der Waals surface area contributed by atoms with Crippen molar-refractivity contribution in [3.05, 3.63) is 29.8 Å². The molecule has 3 atom stereocenters. The summed E-state index contributed by atoms with van der Waals surface area (Å²) in [5.74, 6) is 2.26. The molecule has 1 aromatic rings. The fourth-order valence-corrected chi connectivity index (χ4v) is 3.58. The molecule has 0 aromatic heterocycles. The molecule has 0 radical (unpaired) electrons. The average molecular weight is 459 g/mol. The summed E-state index contributed by atoms with van der Waals surface area (Å²) in [5, 5.41) is 6.82. The maximum Gasteiger partial charge on any atom is 0.191 e. The first-order valence-corrected chi connectivity index (χ1v) is 9.01. The molecule has 25 heavy (non-hydrogen) atoms. The number of ether oxygens (including phenoxy) is 2. The summed E-state index contributed by atoms with van der Waals surface area (Å²) in [5.41, 5.74) is 1.25. The average Bonchev–Trinajstić information content (AvgIpc) is 3.20. The van der Waals surface area contributed by atoms with E-state index in [4.69, 9.17) is 9.47 Å². The molecule has 0 saturated carbocycles. The van der Waals surface area contributed by atoms with Crippen LogP contribution in [0.5, 0.6) is 5.75 Å². The molecule has 0 amide bonds. The van der Waals surface area contributed by atoms with Crippen molar-refractivity contribution in [3.63, 3.8) is 0 Å². The van der Waals surface area contributed by atoms with Crippen molar-refractivity contribution in [1.29, 1.82) is 0 Å². The second-order valence-corrected chi connectivity index (χ2v) is 6.90. The molecular weight excluding hydrogens is 429 g/mol. The molecule has 2 fully saturated rings. The van der Waals surface area contributed by atoms with Crippen molar-refractivity contribution in [2.45, 2.75) is 57.3 Å². The van der Waals surface area contributed by atoms with Crippen LogP contribution in [0.2, 0.25) is 0 Å². The number of benzene rings is 1. The van der Waals surface area contributed by atoms with E-state index in [0.717, 1.165) is 24.6 Å². The van der Waals surface area contributed by atoms with Gasteiger partial charge in [0, 0.05) is 7.05 Å². The fourth-order valence-electron chi connectivity index (χ4n) is 3.58. The molecule has 2 N–H and O–H groups in total. The van der Waals surface area contributed by atoms with E-state index in [9.17, 15) is 0 Å². The standard InChI is InChI=1S/C19H29N3O2.HI/c1-13(2)15-6-4-5-7-17(15)23-11-10-21-19(20-3)22-16-12-14-8-9-18(16)24-14;/h4-7,13-14,16,18H,8-12H2,1-3H3,(H2,20,21,22);1H. The number of guanidine groups is 1. The Kier molecular flexibility index (Phi) is 7.81. The molecule has 6 heteroatoms. The van der Waals surface area contributed by atoms with Gasteiger partial charge in [0.15, 0.2) is 5.96 Å². The number of hydrogen-bond acceptors (Lipinski definition) is 3. The number of rotatable bonds is 6. The summed E-state index contributed by atoms with van der Waals surface area (Å²) < 4.78 is 11.8. The highest BCUT2D eigenvalue weighted by molar-refractivity contribution is 14.0. The van der Waals surface area contributed by atoms with Gasteiger partial charge in [-0.2, -0.15) is 0 Å². The van der Waals surface area contributed by atoms with Crippen molar-refractivity contribution in [2.75, 3.05) is 20.2 Å². The third-order valence-electron chi connectivity index (χ3n) is 4.84. The Bertz CT molecular complexity index is 580. The van der Waals surface area contributed by atoms with E-state index in [1.165, 1.54) is 12.0 Å². The Labute approximate surface area is 168 Å². The van der Waals surface area contributed by atoms with Crippen LogP contribution in [0.15, 0.2) is 29.3 Å². The van der Waals surface area contributed by atoms with E-state index in [1.807, 2.05) is 12.1 Å². The van der Waals surface area contributed by atoms with Gasteiger partial charge < -0.3 is 20.1 Å². The molecule has 2 aliphatic heterocycles. The summed E-state index contributed by atoms with van der Waals surface area (Å²) in [7, 11) is 1.80. The zero-order valence-electron chi connectivity index (χ0n) is 15.3. The van der Waals surface area contributed by atoms with Gasteiger partial charge in [0.1, 0.15) is 12.4 Å². The van der Waals surface area contributed by atoms with Gasteiger partial charge in [0.25, 0.3) is 0 Å². The number of fused-ring (bicyclic) bond motifs is 2. The lowest BCUT2D eigenvalue weighted by Gasteiger charge is -2.22. The van der Waals surface area contributed by atoms with Crippen LogP contribution in [0.1, 0.15) is 44.6 Å². The van der Waals surface area contributed by atoms with Gasteiger partial charge in [-0.05, 0) is 36.8 Å². The van der Waals surface area contributed by atoms with Gasteiger partial charge >= 0.3 is 0 Å². The topological polar surface area (TPSA) is 54.9 Å². The summed E-state index contributed by atoms with van der Waals surface area (Å²) in [6.45, 7) is 5.69. The molecule has 0 aliphatic carbocycles. The Morgan fingerprint density at radius 3 is 2.76 bits per heavy atom. The maximum absolute atomic E-state index is 5.94. The molecule has 140 valence electrons. The first kappa shape index (κ1) is 20.3. The van der Waals surface area contributed by atoms with Crippen LogP contribution in [-0.2, 0) is 4.74 Å². The minimum Gasteiger partial charge on any atom is -0.491 e. The van der Waals surface area contributed by atoms with Crippen LogP contribution in [0.25, 0.3) is 0 Å². The van der Waals surface area contributed by atoms with Crippen molar-refractivity contribution >= 4 is 29.9 Å². The number of hydrogen-bond donors (Lipinski definition) is 2. The molecule has 1 aromatic carbocycles. The summed E-state index contributed by atoms with van der Waals surface area (Å²) in [6.07, 6.45) is 4.25. The predicted molar refractivity (Wildman–Crippen MR) is 112 cm³/mol. The SMILES string of the molecule is CN=C(NCCOc1ccccc1C(C)C)NC1CC2CCC1O2.I. The van der Waals surface area contributed by atoms with E-state index in [0.29, 0.717) is 37.3 Å². The lowest BCUT2D eigenvalue weighted by Crippen LogP contribution is -2.48. The first-order valence-electron chi connectivity index (χ1n) is 9.01. The van der Waals surface area contributed by atoms with E-state index in [1.54, 1.807) is 7.05 Å². The van der Waals surface area contributed by atoms with Gasteiger partial charge in [-0.1, -0.05) is 32.0 Å². The van der Waals surface area contributed by atoms with E-state index in [-0.39, 0.29) is 24.0 Å². The summed E-state index contributed by atoms with van der Waals surface area (Å²) in [6, 6.07) is 8.63. The summed E-state index contributed by atoms with van der Waals surface area (Å²) in [4.78, 5) is 4.31. The van der Waals surface area contributed by atoms with Gasteiger partial charge in [-0.15, -0.1) is 24.0 Å². The van der Waals surface area contributed by atoms with Crippen molar-refractivity contribution in [1.82, 2.24) is 10.6 Å². The molecule has 2 saturated heterocycles. The van der Waals surface area contributed by atoms with Crippen LogP contribution in [0, 0.1) is 0 Å². The Morgan fingerprint density at radius 2 is 2.12 bits per heavy atom. The van der Waals surface area contributed by atoms with Gasteiger partial charge in [-0.3, -0.25) is 4.99 Å². The molecule has 3 unspecified atom stereocenters. The summed E-state index contributed by atoms with van der Waals surface area (Å²) >= 11 is 0. The van der Waals surface area contributed by atoms with Crippen LogP contribution in [0.3, 0.4) is 0 Å². The number of nitrogens with one attached hydrogen (secondary N) is 2. The molecule has 5 nitrogen and oxygen atoms in total. The molecule has 2 bridgehead atoms. The van der Waals surface area contributed by atoms with Gasteiger partial charge in [0.2, 0.25) is 0 Å². The normalized spacial score (nSPS) is 25.0.